The molecule has 6 aromatic carbocycles. The van der Waals surface area contributed by atoms with Crippen molar-refractivity contribution in [2.45, 2.75) is 80.1 Å². The van der Waals surface area contributed by atoms with E-state index < -0.39 is 0 Å². The Morgan fingerprint density at radius 2 is 0.640 bits per heavy atom. The summed E-state index contributed by atoms with van der Waals surface area (Å²) in [6.07, 6.45) is 0. The third kappa shape index (κ3) is 7.41. The van der Waals surface area contributed by atoms with Gasteiger partial charge in [0.05, 0.1) is 5.69 Å². The Morgan fingerprint density at radius 3 is 0.980 bits per heavy atom. The van der Waals surface area contributed by atoms with Crippen molar-refractivity contribution >= 4 is 34.1 Å². The minimum Gasteiger partial charge on any atom is -0.311 e. The molecule has 0 saturated heterocycles. The fourth-order valence-electron chi connectivity index (χ4n) is 6.70. The van der Waals surface area contributed by atoms with E-state index in [9.17, 15) is 0 Å². The van der Waals surface area contributed by atoms with Crippen molar-refractivity contribution in [3.8, 4) is 11.1 Å². The number of aryl methyl sites for hydroxylation is 4. The van der Waals surface area contributed by atoms with E-state index in [1.54, 1.807) is 0 Å². The van der Waals surface area contributed by atoms with Crippen molar-refractivity contribution in [2.24, 2.45) is 0 Å². The molecule has 0 aliphatic heterocycles. The van der Waals surface area contributed by atoms with E-state index in [-0.39, 0.29) is 10.8 Å². The first-order valence-corrected chi connectivity index (χ1v) is 17.9. The van der Waals surface area contributed by atoms with E-state index in [4.69, 9.17) is 0 Å². The zero-order valence-corrected chi connectivity index (χ0v) is 31.6. The largest absolute Gasteiger partial charge is 0.311 e. The molecule has 6 rings (SSSR count). The van der Waals surface area contributed by atoms with Crippen LogP contribution < -0.4 is 9.80 Å². The van der Waals surface area contributed by atoms with Gasteiger partial charge in [-0.1, -0.05) is 125 Å². The number of rotatable bonds is 7. The van der Waals surface area contributed by atoms with E-state index >= 15 is 0 Å². The predicted molar refractivity (Wildman–Crippen MR) is 218 cm³/mol. The highest BCUT2D eigenvalue weighted by atomic mass is 15.1. The first-order chi connectivity index (χ1) is 23.7. The fourth-order valence-corrected chi connectivity index (χ4v) is 6.70. The van der Waals surface area contributed by atoms with Gasteiger partial charge in [0.25, 0.3) is 0 Å². The molecular formula is C48H52N2. The van der Waals surface area contributed by atoms with Crippen LogP contribution in [-0.4, -0.2) is 0 Å². The summed E-state index contributed by atoms with van der Waals surface area (Å²) >= 11 is 0. The molecule has 0 bridgehead atoms. The lowest BCUT2D eigenvalue weighted by Crippen LogP contribution is -2.16. The molecule has 0 aliphatic carbocycles. The predicted octanol–water partition coefficient (Wildman–Crippen LogP) is 14.1. The lowest BCUT2D eigenvalue weighted by Gasteiger charge is -2.31. The molecule has 254 valence electrons. The lowest BCUT2D eigenvalue weighted by molar-refractivity contribution is 0.589. The summed E-state index contributed by atoms with van der Waals surface area (Å²) in [4.78, 5) is 4.75. The summed E-state index contributed by atoms with van der Waals surface area (Å²) in [5.41, 5.74) is 17.3. The molecule has 0 amide bonds. The third-order valence-electron chi connectivity index (χ3n) is 9.74. The summed E-state index contributed by atoms with van der Waals surface area (Å²) in [5.74, 6) is 0. The average molecular weight is 657 g/mol. The Morgan fingerprint density at radius 1 is 0.340 bits per heavy atom. The monoisotopic (exact) mass is 656 g/mol. The molecule has 2 nitrogen and oxygen atoms in total. The minimum atomic E-state index is 0.0913. The molecular weight excluding hydrogens is 605 g/mol. The molecule has 0 aliphatic rings. The normalized spacial score (nSPS) is 11.8. The Hall–Kier alpha value is -5.08. The van der Waals surface area contributed by atoms with E-state index in [2.05, 4.69) is 212 Å². The van der Waals surface area contributed by atoms with Gasteiger partial charge in [-0.3, -0.25) is 0 Å². The summed E-state index contributed by atoms with van der Waals surface area (Å²) in [6.45, 7) is 22.4. The Bertz CT molecular complexity index is 2030. The van der Waals surface area contributed by atoms with Gasteiger partial charge in [-0.2, -0.15) is 0 Å². The standard InChI is InChI=1S/C48H52N2/c1-33-11-21-41(22-12-33)49(43-29-19-39(20-30-43)47(5,6)7)42-25-15-37(16-26-42)38-17-27-45(28-18-38)50(44-23-13-34(2)14-24-44)46-35(3)31-40(32-36(46)4)48(8,9)10/h11-32H,1-10H3. The van der Waals surface area contributed by atoms with Gasteiger partial charge in [0.1, 0.15) is 0 Å². The van der Waals surface area contributed by atoms with Crippen molar-refractivity contribution in [3.63, 3.8) is 0 Å². The number of anilines is 6. The second-order valence-corrected chi connectivity index (χ2v) is 15.9. The molecule has 0 aromatic heterocycles. The summed E-state index contributed by atoms with van der Waals surface area (Å²) < 4.78 is 0. The molecule has 0 spiro atoms. The zero-order valence-electron chi connectivity index (χ0n) is 31.6. The molecule has 0 atom stereocenters. The van der Waals surface area contributed by atoms with E-state index in [0.717, 1.165) is 28.4 Å². The highest BCUT2D eigenvalue weighted by Gasteiger charge is 2.22. The van der Waals surface area contributed by atoms with Crippen LogP contribution in [0.1, 0.15) is 74.9 Å². The SMILES string of the molecule is Cc1ccc(N(c2ccc(-c3ccc(N(c4ccc(C)cc4)c4c(C)cc(C(C)(C)C)cc4C)cc3)cc2)c2ccc(C(C)(C)C)cc2)cc1. The number of benzene rings is 6. The van der Waals surface area contributed by atoms with Crippen LogP contribution >= 0.6 is 0 Å². The van der Waals surface area contributed by atoms with Gasteiger partial charge >= 0.3 is 0 Å². The number of hydrogen-bond donors (Lipinski definition) is 0. The second kappa shape index (κ2) is 13.7. The Kier molecular flexibility index (Phi) is 9.51. The van der Waals surface area contributed by atoms with Crippen molar-refractivity contribution < 1.29 is 0 Å². The Labute approximate surface area is 301 Å². The summed E-state index contributed by atoms with van der Waals surface area (Å²) in [5, 5.41) is 0. The highest BCUT2D eigenvalue weighted by molar-refractivity contribution is 5.83. The van der Waals surface area contributed by atoms with Crippen molar-refractivity contribution in [2.75, 3.05) is 9.80 Å². The minimum absolute atomic E-state index is 0.0913. The van der Waals surface area contributed by atoms with E-state index in [1.165, 1.54) is 50.2 Å². The van der Waals surface area contributed by atoms with E-state index in [1.807, 2.05) is 0 Å². The smallest absolute Gasteiger partial charge is 0.0520 e. The van der Waals surface area contributed by atoms with Gasteiger partial charge in [0.2, 0.25) is 0 Å². The maximum atomic E-state index is 2.41. The molecule has 0 heterocycles. The number of nitrogens with zero attached hydrogens (tertiary/aromatic N) is 2. The van der Waals surface area contributed by atoms with Crippen LogP contribution in [-0.2, 0) is 10.8 Å². The third-order valence-corrected chi connectivity index (χ3v) is 9.74. The van der Waals surface area contributed by atoms with Crippen molar-refractivity contribution in [1.82, 2.24) is 0 Å². The second-order valence-electron chi connectivity index (χ2n) is 15.9. The van der Waals surface area contributed by atoms with Crippen LogP contribution in [0, 0.1) is 27.7 Å². The van der Waals surface area contributed by atoms with Crippen molar-refractivity contribution in [1.29, 1.82) is 0 Å². The van der Waals surface area contributed by atoms with Crippen LogP contribution in [0.2, 0.25) is 0 Å². The van der Waals surface area contributed by atoms with Crippen LogP contribution in [0.5, 0.6) is 0 Å². The lowest BCUT2D eigenvalue weighted by atomic mass is 9.84. The van der Waals surface area contributed by atoms with Gasteiger partial charge in [-0.15, -0.1) is 0 Å². The van der Waals surface area contributed by atoms with Crippen LogP contribution in [0.25, 0.3) is 11.1 Å². The molecule has 0 saturated carbocycles. The molecule has 50 heavy (non-hydrogen) atoms. The van der Waals surface area contributed by atoms with Gasteiger partial charge in [0, 0.05) is 28.4 Å². The molecule has 6 aromatic rings. The van der Waals surface area contributed by atoms with Gasteiger partial charge in [0.15, 0.2) is 0 Å². The van der Waals surface area contributed by atoms with Crippen LogP contribution in [0.15, 0.2) is 133 Å². The first-order valence-electron chi connectivity index (χ1n) is 17.9. The molecule has 0 N–H and O–H groups in total. The fraction of sp³-hybridized carbons (Fsp3) is 0.250. The van der Waals surface area contributed by atoms with Crippen LogP contribution in [0.4, 0.5) is 34.1 Å². The maximum Gasteiger partial charge on any atom is 0.0520 e. The zero-order chi connectivity index (χ0) is 35.8. The molecule has 0 unspecified atom stereocenters. The van der Waals surface area contributed by atoms with Crippen molar-refractivity contribution in [3.05, 3.63) is 167 Å². The summed E-state index contributed by atoms with van der Waals surface area (Å²) in [6, 6.07) is 49.4. The van der Waals surface area contributed by atoms with Gasteiger partial charge in [-0.05, 0) is 133 Å². The average Bonchev–Trinajstić information content (AvgIpc) is 3.08. The first kappa shape index (κ1) is 34.8. The summed E-state index contributed by atoms with van der Waals surface area (Å²) in [7, 11) is 0. The van der Waals surface area contributed by atoms with Crippen LogP contribution in [0.3, 0.4) is 0 Å². The maximum absolute atomic E-state index is 2.41. The molecule has 0 radical (unpaired) electrons. The number of hydrogen-bond acceptors (Lipinski definition) is 2. The Balaban J connectivity index is 1.35. The molecule has 0 fully saturated rings. The molecule has 2 heteroatoms. The van der Waals surface area contributed by atoms with Gasteiger partial charge < -0.3 is 9.80 Å². The van der Waals surface area contributed by atoms with Gasteiger partial charge in [-0.25, -0.2) is 0 Å². The van der Waals surface area contributed by atoms with E-state index in [0.29, 0.717) is 0 Å². The topological polar surface area (TPSA) is 6.48 Å². The quantitative estimate of drug-likeness (QED) is 0.169. The highest BCUT2D eigenvalue weighted by Crippen LogP contribution is 2.42.